The molecule has 0 radical (unpaired) electrons. The fourth-order valence-electron chi connectivity index (χ4n) is 6.45. The van der Waals surface area contributed by atoms with E-state index in [0.717, 1.165) is 54.2 Å². The Labute approximate surface area is 304 Å². The molecule has 6 atom stereocenters. The van der Waals surface area contributed by atoms with Crippen LogP contribution in [0.4, 0.5) is 5.69 Å². The number of nitrogens with two attached hydrogens (primary N) is 1. The summed E-state index contributed by atoms with van der Waals surface area (Å²) in [5, 5.41) is 3.52. The maximum absolute atomic E-state index is 12.7. The molecular weight excluding hydrogens is 654 g/mol. The summed E-state index contributed by atoms with van der Waals surface area (Å²) in [6.07, 6.45) is -0.103. The number of carbonyl (C=O) groups excluding carboxylic acids is 1. The minimum absolute atomic E-state index is 0.0463. The van der Waals surface area contributed by atoms with Crippen molar-refractivity contribution in [1.29, 1.82) is 0 Å². The van der Waals surface area contributed by atoms with E-state index >= 15 is 0 Å². The number of ether oxygens (including phenoxy) is 8. The lowest BCUT2D eigenvalue weighted by Crippen LogP contribution is -2.51. The molecule has 2 aromatic carbocycles. The van der Waals surface area contributed by atoms with Crippen LogP contribution in [0.3, 0.4) is 0 Å². The zero-order chi connectivity index (χ0) is 36.6. The van der Waals surface area contributed by atoms with Crippen molar-refractivity contribution in [3.05, 3.63) is 59.2 Å². The quantitative estimate of drug-likeness (QED) is 0.135. The van der Waals surface area contributed by atoms with Crippen molar-refractivity contribution in [2.24, 2.45) is 17.6 Å². The Morgan fingerprint density at radius 1 is 0.902 bits per heavy atom. The second-order valence-corrected chi connectivity index (χ2v) is 14.0. The summed E-state index contributed by atoms with van der Waals surface area (Å²) in [5.74, 6) is 0.619. The van der Waals surface area contributed by atoms with Crippen molar-refractivity contribution in [3.8, 4) is 5.75 Å². The number of anilines is 1. The summed E-state index contributed by atoms with van der Waals surface area (Å²) in [4.78, 5) is 15.1. The van der Waals surface area contributed by atoms with Crippen molar-refractivity contribution in [2.75, 3.05) is 92.0 Å². The first-order chi connectivity index (χ1) is 24.7. The number of hydrogen-bond donors (Lipinski definition) is 2. The van der Waals surface area contributed by atoms with E-state index in [1.54, 1.807) is 21.3 Å². The Bertz CT molecular complexity index is 1300. The number of carbonyl (C=O) groups is 1. The molecule has 0 unspecified atom stereocenters. The molecule has 0 amide bonds. The van der Waals surface area contributed by atoms with E-state index in [1.807, 2.05) is 19.9 Å². The molecule has 3 N–H and O–H groups in total. The number of rotatable bonds is 22. The zero-order valence-corrected chi connectivity index (χ0v) is 31.5. The summed E-state index contributed by atoms with van der Waals surface area (Å²) in [7, 11) is 5.02. The largest absolute Gasteiger partial charge is 0.490 e. The van der Waals surface area contributed by atoms with Gasteiger partial charge in [-0.25, -0.2) is 0 Å². The monoisotopic (exact) mass is 715 g/mol. The number of methoxy groups -OCH3 is 3. The van der Waals surface area contributed by atoms with Crippen molar-refractivity contribution >= 4 is 11.7 Å². The lowest BCUT2D eigenvalue weighted by molar-refractivity contribution is -0.161. The SMILES string of the molecule is COCCCN1CCOc2ccc(CO[C@H]3CNC[C@@H](OC[C@@H](COC)OC(=O)[C@@H](N)C(C)C)[C@@H]3c3ccc(COC[C@@H](C)COC)cc3)cc21. The number of benzene rings is 2. The molecule has 0 saturated carbocycles. The van der Waals surface area contributed by atoms with Gasteiger partial charge in [0.1, 0.15) is 24.5 Å². The standard InChI is InChI=1S/C39H61N3O9/c1-27(2)38(40)39(43)51-32(25-46-6)26-50-36-20-41-19-35(37(36)31-11-8-29(9-12-31)23-47-22-28(3)21-45-5)49-24-30-10-13-34-33(18-30)42(15-17-48-34)14-7-16-44-4/h8-13,18,27-28,32,35-38,41H,7,14-17,19-26,40H2,1-6H3/t28-,32+,35-,36+,37+,38-/m0/s1. The average molecular weight is 716 g/mol. The highest BCUT2D eigenvalue weighted by Gasteiger charge is 2.37. The highest BCUT2D eigenvalue weighted by molar-refractivity contribution is 5.76. The summed E-state index contributed by atoms with van der Waals surface area (Å²) >= 11 is 0. The van der Waals surface area contributed by atoms with E-state index in [0.29, 0.717) is 52.0 Å². The van der Waals surface area contributed by atoms with E-state index < -0.39 is 18.1 Å². The third-order valence-corrected chi connectivity index (χ3v) is 9.32. The number of fused-ring (bicyclic) bond motifs is 1. The lowest BCUT2D eigenvalue weighted by Gasteiger charge is -2.39. The van der Waals surface area contributed by atoms with E-state index in [-0.39, 0.29) is 37.3 Å². The minimum atomic E-state index is -0.718. The third-order valence-electron chi connectivity index (χ3n) is 9.32. The molecule has 2 aromatic rings. The second-order valence-electron chi connectivity index (χ2n) is 14.0. The van der Waals surface area contributed by atoms with Gasteiger partial charge in [0.2, 0.25) is 0 Å². The van der Waals surface area contributed by atoms with Crippen LogP contribution in [0.1, 0.15) is 49.8 Å². The van der Waals surface area contributed by atoms with Gasteiger partial charge in [-0.15, -0.1) is 0 Å². The Morgan fingerprint density at radius 3 is 2.33 bits per heavy atom. The molecule has 286 valence electrons. The van der Waals surface area contributed by atoms with E-state index in [9.17, 15) is 4.79 Å². The zero-order valence-electron chi connectivity index (χ0n) is 31.5. The second kappa shape index (κ2) is 21.7. The fourth-order valence-corrected chi connectivity index (χ4v) is 6.45. The molecule has 0 bridgehead atoms. The lowest BCUT2D eigenvalue weighted by atomic mass is 9.85. The molecule has 0 aromatic heterocycles. The molecule has 0 spiro atoms. The van der Waals surface area contributed by atoms with Gasteiger partial charge in [-0.1, -0.05) is 51.1 Å². The molecule has 1 fully saturated rings. The number of piperidine rings is 1. The Kier molecular flexibility index (Phi) is 17.4. The first-order valence-electron chi connectivity index (χ1n) is 18.3. The summed E-state index contributed by atoms with van der Waals surface area (Å²) < 4.78 is 46.8. The number of nitrogens with one attached hydrogen (secondary N) is 1. The van der Waals surface area contributed by atoms with Gasteiger partial charge < -0.3 is 53.8 Å². The summed E-state index contributed by atoms with van der Waals surface area (Å²) in [6, 6.07) is 14.1. The highest BCUT2D eigenvalue weighted by Crippen LogP contribution is 2.35. The van der Waals surface area contributed by atoms with Gasteiger partial charge >= 0.3 is 5.97 Å². The molecule has 2 aliphatic rings. The molecule has 12 heteroatoms. The Morgan fingerprint density at radius 2 is 1.63 bits per heavy atom. The topological polar surface area (TPSA) is 132 Å². The van der Waals surface area contributed by atoms with Crippen LogP contribution in [-0.4, -0.2) is 117 Å². The maximum atomic E-state index is 12.7. The van der Waals surface area contributed by atoms with E-state index in [1.165, 1.54) is 0 Å². The third kappa shape index (κ3) is 12.7. The van der Waals surface area contributed by atoms with Crippen LogP contribution < -0.4 is 20.7 Å². The van der Waals surface area contributed by atoms with Gasteiger partial charge in [0.15, 0.2) is 0 Å². The van der Waals surface area contributed by atoms with Crippen molar-refractivity contribution in [1.82, 2.24) is 5.32 Å². The first-order valence-corrected chi connectivity index (χ1v) is 18.3. The van der Waals surface area contributed by atoms with Gasteiger partial charge in [-0.05, 0) is 41.2 Å². The normalized spacial score (nSPS) is 20.8. The van der Waals surface area contributed by atoms with Crippen molar-refractivity contribution in [3.63, 3.8) is 0 Å². The number of nitrogens with zero attached hydrogens (tertiary/aromatic N) is 1. The summed E-state index contributed by atoms with van der Waals surface area (Å²) in [5.41, 5.74) is 10.4. The van der Waals surface area contributed by atoms with Crippen LogP contribution in [-0.2, 0) is 51.2 Å². The van der Waals surface area contributed by atoms with Crippen LogP contribution >= 0.6 is 0 Å². The molecule has 1 saturated heterocycles. The highest BCUT2D eigenvalue weighted by atomic mass is 16.6. The first kappa shape index (κ1) is 41.0. The molecule has 2 aliphatic heterocycles. The predicted molar refractivity (Wildman–Crippen MR) is 196 cm³/mol. The fraction of sp³-hybridized carbons (Fsp3) is 0.667. The molecule has 2 heterocycles. The average Bonchev–Trinajstić information content (AvgIpc) is 3.13. The van der Waals surface area contributed by atoms with Crippen LogP contribution in [0, 0.1) is 11.8 Å². The Hall–Kier alpha value is -2.81. The molecule has 0 aliphatic carbocycles. The Balaban J connectivity index is 1.49. The van der Waals surface area contributed by atoms with Crippen LogP contribution in [0.25, 0.3) is 0 Å². The van der Waals surface area contributed by atoms with Crippen LogP contribution in [0.2, 0.25) is 0 Å². The van der Waals surface area contributed by atoms with Gasteiger partial charge in [0.25, 0.3) is 0 Å². The summed E-state index contributed by atoms with van der Waals surface area (Å²) in [6.45, 7) is 12.9. The minimum Gasteiger partial charge on any atom is -0.490 e. The van der Waals surface area contributed by atoms with Crippen LogP contribution in [0.15, 0.2) is 42.5 Å². The van der Waals surface area contributed by atoms with Crippen molar-refractivity contribution in [2.45, 2.75) is 70.7 Å². The van der Waals surface area contributed by atoms with Gasteiger partial charge in [0, 0.05) is 59.4 Å². The molecule has 12 nitrogen and oxygen atoms in total. The van der Waals surface area contributed by atoms with E-state index in [2.05, 4.69) is 53.5 Å². The molecular formula is C39H61N3O9. The molecule has 51 heavy (non-hydrogen) atoms. The van der Waals surface area contributed by atoms with Gasteiger partial charge in [0.05, 0.1) is 64.1 Å². The maximum Gasteiger partial charge on any atom is 0.323 e. The van der Waals surface area contributed by atoms with Gasteiger partial charge in [-0.2, -0.15) is 0 Å². The van der Waals surface area contributed by atoms with Gasteiger partial charge in [-0.3, -0.25) is 4.79 Å². The van der Waals surface area contributed by atoms with E-state index in [4.69, 9.17) is 43.6 Å². The predicted octanol–water partition coefficient (Wildman–Crippen LogP) is 3.92. The smallest absolute Gasteiger partial charge is 0.323 e. The van der Waals surface area contributed by atoms with Crippen LogP contribution in [0.5, 0.6) is 5.75 Å². The van der Waals surface area contributed by atoms with Crippen molar-refractivity contribution < 1.29 is 42.7 Å². The number of hydrogen-bond acceptors (Lipinski definition) is 12. The molecule has 4 rings (SSSR count). The number of esters is 1.